The lowest BCUT2D eigenvalue weighted by Gasteiger charge is -2.34. The fraction of sp³-hybridized carbons (Fsp3) is 0.192. The SMILES string of the molecule is O=C(c1ccc(NSc2cccc3cccnc23)c(F)c1)N1CCN(Cc2ccccn2)CC1. The number of carbonyl (C=O) groups is 1. The summed E-state index contributed by atoms with van der Waals surface area (Å²) in [6, 6.07) is 20.3. The van der Waals surface area contributed by atoms with Crippen LogP contribution in [0.15, 0.2) is 84.0 Å². The van der Waals surface area contributed by atoms with E-state index >= 15 is 0 Å². The van der Waals surface area contributed by atoms with Crippen LogP contribution < -0.4 is 4.72 Å². The van der Waals surface area contributed by atoms with E-state index in [0.717, 1.165) is 41.1 Å². The maximum Gasteiger partial charge on any atom is 0.254 e. The summed E-state index contributed by atoms with van der Waals surface area (Å²) in [5.41, 5.74) is 2.56. The zero-order valence-corrected chi connectivity index (χ0v) is 19.3. The quantitative estimate of drug-likeness (QED) is 0.404. The van der Waals surface area contributed by atoms with Crippen molar-refractivity contribution < 1.29 is 9.18 Å². The number of amides is 1. The molecule has 0 bridgehead atoms. The van der Waals surface area contributed by atoms with Gasteiger partial charge in [-0.1, -0.05) is 24.3 Å². The van der Waals surface area contributed by atoms with Gasteiger partial charge in [0, 0.05) is 56.1 Å². The van der Waals surface area contributed by atoms with E-state index in [-0.39, 0.29) is 5.91 Å². The van der Waals surface area contributed by atoms with E-state index in [2.05, 4.69) is 19.6 Å². The van der Waals surface area contributed by atoms with Gasteiger partial charge in [0.1, 0.15) is 5.82 Å². The van der Waals surface area contributed by atoms with Gasteiger partial charge in [0.25, 0.3) is 5.91 Å². The number of halogens is 1. The average Bonchev–Trinajstić information content (AvgIpc) is 2.88. The molecular weight excluding hydrogens is 449 g/mol. The number of rotatable bonds is 6. The lowest BCUT2D eigenvalue weighted by atomic mass is 10.1. The largest absolute Gasteiger partial charge is 0.336 e. The predicted molar refractivity (Wildman–Crippen MR) is 133 cm³/mol. The van der Waals surface area contributed by atoms with E-state index in [0.29, 0.717) is 24.3 Å². The van der Waals surface area contributed by atoms with Crippen molar-refractivity contribution in [3.05, 3.63) is 96.2 Å². The Morgan fingerprint density at radius 1 is 0.941 bits per heavy atom. The number of carbonyl (C=O) groups excluding carboxylic acids is 1. The molecule has 0 atom stereocenters. The predicted octanol–water partition coefficient (Wildman–Crippen LogP) is 4.85. The van der Waals surface area contributed by atoms with Crippen LogP contribution in [0.2, 0.25) is 0 Å². The Morgan fingerprint density at radius 3 is 2.56 bits per heavy atom. The molecule has 1 aliphatic rings. The number of nitrogens with zero attached hydrogens (tertiary/aromatic N) is 4. The zero-order valence-electron chi connectivity index (χ0n) is 18.5. The number of piperazine rings is 1. The van der Waals surface area contributed by atoms with Crippen LogP contribution in [0.1, 0.15) is 16.1 Å². The smallest absolute Gasteiger partial charge is 0.254 e. The molecule has 2 aromatic carbocycles. The molecule has 5 rings (SSSR count). The Balaban J connectivity index is 1.19. The molecule has 172 valence electrons. The molecule has 4 aromatic rings. The molecule has 0 aliphatic carbocycles. The van der Waals surface area contributed by atoms with E-state index in [1.807, 2.05) is 48.5 Å². The van der Waals surface area contributed by atoms with Crippen molar-refractivity contribution in [2.24, 2.45) is 0 Å². The van der Waals surface area contributed by atoms with E-state index in [4.69, 9.17) is 0 Å². The van der Waals surface area contributed by atoms with Gasteiger partial charge < -0.3 is 9.62 Å². The summed E-state index contributed by atoms with van der Waals surface area (Å²) in [6.07, 6.45) is 3.53. The average molecular weight is 474 g/mol. The Kier molecular flexibility index (Phi) is 6.69. The monoisotopic (exact) mass is 473 g/mol. The minimum atomic E-state index is -0.458. The number of aromatic nitrogens is 2. The first kappa shape index (κ1) is 22.3. The second kappa shape index (κ2) is 10.2. The maximum absolute atomic E-state index is 14.8. The van der Waals surface area contributed by atoms with Gasteiger partial charge in [-0.05, 0) is 54.4 Å². The van der Waals surface area contributed by atoms with Crippen molar-refractivity contribution in [1.29, 1.82) is 0 Å². The highest BCUT2D eigenvalue weighted by Gasteiger charge is 2.23. The fourth-order valence-corrected chi connectivity index (χ4v) is 4.81. The van der Waals surface area contributed by atoms with Gasteiger partial charge in [-0.3, -0.25) is 19.7 Å². The van der Waals surface area contributed by atoms with E-state index in [1.165, 1.54) is 18.0 Å². The topological polar surface area (TPSA) is 61.4 Å². The number of benzene rings is 2. The summed E-state index contributed by atoms with van der Waals surface area (Å²) < 4.78 is 17.9. The van der Waals surface area contributed by atoms with Gasteiger partial charge in [-0.2, -0.15) is 0 Å². The Hall–Kier alpha value is -3.49. The summed E-state index contributed by atoms with van der Waals surface area (Å²) in [4.78, 5) is 26.7. The first-order valence-electron chi connectivity index (χ1n) is 11.1. The van der Waals surface area contributed by atoms with Crippen molar-refractivity contribution in [1.82, 2.24) is 19.8 Å². The molecule has 1 fully saturated rings. The minimum Gasteiger partial charge on any atom is -0.336 e. The minimum absolute atomic E-state index is 0.145. The number of para-hydroxylation sites is 1. The molecule has 6 nitrogen and oxygen atoms in total. The van der Waals surface area contributed by atoms with Gasteiger partial charge in [0.15, 0.2) is 0 Å². The molecule has 8 heteroatoms. The van der Waals surface area contributed by atoms with Gasteiger partial charge in [0.2, 0.25) is 0 Å². The van der Waals surface area contributed by atoms with E-state index in [1.54, 1.807) is 29.4 Å². The summed E-state index contributed by atoms with van der Waals surface area (Å²) in [5.74, 6) is -0.603. The van der Waals surface area contributed by atoms with Crippen molar-refractivity contribution in [2.45, 2.75) is 11.4 Å². The zero-order chi connectivity index (χ0) is 23.3. The molecule has 1 amide bonds. The summed E-state index contributed by atoms with van der Waals surface area (Å²) in [6.45, 7) is 3.51. The second-order valence-electron chi connectivity index (χ2n) is 8.12. The van der Waals surface area contributed by atoms with Crippen LogP contribution in [0.4, 0.5) is 10.1 Å². The van der Waals surface area contributed by atoms with Crippen LogP contribution in [0, 0.1) is 5.82 Å². The van der Waals surface area contributed by atoms with Crippen LogP contribution in [0.5, 0.6) is 0 Å². The van der Waals surface area contributed by atoms with Crippen molar-refractivity contribution in [2.75, 3.05) is 30.9 Å². The molecule has 1 N–H and O–H groups in total. The summed E-state index contributed by atoms with van der Waals surface area (Å²) in [5, 5.41) is 1.02. The van der Waals surface area contributed by atoms with Crippen molar-refractivity contribution in [3.63, 3.8) is 0 Å². The van der Waals surface area contributed by atoms with Gasteiger partial charge in [-0.25, -0.2) is 4.39 Å². The highest BCUT2D eigenvalue weighted by Crippen LogP contribution is 2.29. The van der Waals surface area contributed by atoms with Crippen LogP contribution in [-0.2, 0) is 6.54 Å². The number of nitrogens with one attached hydrogen (secondary N) is 1. The Labute approximate surface area is 202 Å². The number of anilines is 1. The number of hydrogen-bond acceptors (Lipinski definition) is 6. The van der Waals surface area contributed by atoms with Crippen LogP contribution in [-0.4, -0.2) is 51.9 Å². The molecular formula is C26H24FN5OS. The molecule has 2 aromatic heterocycles. The molecule has 1 saturated heterocycles. The number of fused-ring (bicyclic) bond motifs is 1. The van der Waals surface area contributed by atoms with E-state index < -0.39 is 5.82 Å². The van der Waals surface area contributed by atoms with Crippen LogP contribution in [0.3, 0.4) is 0 Å². The Bertz CT molecular complexity index is 1290. The maximum atomic E-state index is 14.8. The molecule has 0 radical (unpaired) electrons. The first-order chi connectivity index (χ1) is 16.7. The first-order valence-corrected chi connectivity index (χ1v) is 12.0. The highest BCUT2D eigenvalue weighted by atomic mass is 32.2. The lowest BCUT2D eigenvalue weighted by molar-refractivity contribution is 0.0626. The van der Waals surface area contributed by atoms with Gasteiger partial charge in [0.05, 0.1) is 21.8 Å². The molecule has 3 heterocycles. The Morgan fingerprint density at radius 2 is 1.76 bits per heavy atom. The molecule has 34 heavy (non-hydrogen) atoms. The second-order valence-corrected chi connectivity index (χ2v) is 8.97. The summed E-state index contributed by atoms with van der Waals surface area (Å²) in [7, 11) is 0. The normalized spacial score (nSPS) is 14.3. The molecule has 0 spiro atoms. The summed E-state index contributed by atoms with van der Waals surface area (Å²) >= 11 is 1.30. The van der Waals surface area contributed by atoms with Crippen LogP contribution >= 0.6 is 11.9 Å². The van der Waals surface area contributed by atoms with Crippen molar-refractivity contribution >= 4 is 34.4 Å². The fourth-order valence-electron chi connectivity index (χ4n) is 4.01. The van der Waals surface area contributed by atoms with Gasteiger partial charge in [-0.15, -0.1) is 0 Å². The third-order valence-electron chi connectivity index (χ3n) is 5.85. The molecule has 1 aliphatic heterocycles. The lowest BCUT2D eigenvalue weighted by Crippen LogP contribution is -2.48. The molecule has 0 saturated carbocycles. The third-order valence-corrected chi connectivity index (χ3v) is 6.73. The van der Waals surface area contributed by atoms with Crippen LogP contribution in [0.25, 0.3) is 10.9 Å². The standard InChI is InChI=1S/C26H24FN5OS/c27-22-17-20(26(33)32-15-13-31(14-16-32)18-21-7-1-2-11-28-21)9-10-23(22)30-34-24-8-3-5-19-6-4-12-29-25(19)24/h1-12,17,30H,13-16,18H2. The highest BCUT2D eigenvalue weighted by molar-refractivity contribution is 8.00. The third kappa shape index (κ3) is 5.03. The van der Waals surface area contributed by atoms with Gasteiger partial charge >= 0.3 is 0 Å². The molecule has 0 unspecified atom stereocenters. The van der Waals surface area contributed by atoms with E-state index in [9.17, 15) is 9.18 Å². The number of pyridine rings is 2. The van der Waals surface area contributed by atoms with Crippen molar-refractivity contribution in [3.8, 4) is 0 Å². The number of hydrogen-bond donors (Lipinski definition) is 1.